The molecule has 0 bridgehead atoms. The highest BCUT2D eigenvalue weighted by molar-refractivity contribution is 6.33. The monoisotopic (exact) mass is 224 g/mol. The summed E-state index contributed by atoms with van der Waals surface area (Å²) in [6.07, 6.45) is 2.57. The molecule has 1 atom stereocenters. The number of nitrogens with zero attached hydrogens (tertiary/aromatic N) is 1. The van der Waals surface area contributed by atoms with E-state index in [1.54, 1.807) is 0 Å². The van der Waals surface area contributed by atoms with Crippen LogP contribution in [0.3, 0.4) is 0 Å². The molecular formula is C12H17ClN2. The molecule has 1 aliphatic rings. The Morgan fingerprint density at radius 2 is 2.27 bits per heavy atom. The lowest BCUT2D eigenvalue weighted by atomic mass is 10.00. The van der Waals surface area contributed by atoms with Gasteiger partial charge in [0.2, 0.25) is 0 Å². The molecule has 1 saturated heterocycles. The van der Waals surface area contributed by atoms with Gasteiger partial charge in [-0.25, -0.2) is 0 Å². The van der Waals surface area contributed by atoms with Gasteiger partial charge in [0, 0.05) is 18.8 Å². The van der Waals surface area contributed by atoms with Crippen LogP contribution in [-0.2, 0) is 0 Å². The second kappa shape index (κ2) is 4.31. The van der Waals surface area contributed by atoms with Crippen molar-refractivity contribution in [1.29, 1.82) is 0 Å². The summed E-state index contributed by atoms with van der Waals surface area (Å²) < 4.78 is 0. The van der Waals surface area contributed by atoms with Gasteiger partial charge in [0.15, 0.2) is 0 Å². The molecule has 1 aromatic rings. The van der Waals surface area contributed by atoms with E-state index in [9.17, 15) is 0 Å². The molecule has 1 fully saturated rings. The van der Waals surface area contributed by atoms with Crippen LogP contribution in [0.25, 0.3) is 0 Å². The van der Waals surface area contributed by atoms with Crippen LogP contribution in [0.15, 0.2) is 18.2 Å². The molecule has 0 saturated carbocycles. The molecule has 2 rings (SSSR count). The number of halogens is 1. The zero-order valence-corrected chi connectivity index (χ0v) is 9.80. The van der Waals surface area contributed by atoms with Crippen LogP contribution >= 0.6 is 11.6 Å². The van der Waals surface area contributed by atoms with Crippen molar-refractivity contribution in [3.05, 3.63) is 23.2 Å². The van der Waals surface area contributed by atoms with Gasteiger partial charge in [0.1, 0.15) is 0 Å². The molecule has 0 amide bonds. The first-order valence-electron chi connectivity index (χ1n) is 5.47. The van der Waals surface area contributed by atoms with Crippen molar-refractivity contribution < 1.29 is 0 Å². The van der Waals surface area contributed by atoms with Crippen molar-refractivity contribution in [1.82, 2.24) is 0 Å². The molecular weight excluding hydrogens is 208 g/mol. The topological polar surface area (TPSA) is 29.3 Å². The number of nitrogen functional groups attached to an aromatic ring is 1. The third kappa shape index (κ3) is 2.37. The van der Waals surface area contributed by atoms with Crippen LogP contribution in [0.5, 0.6) is 0 Å². The summed E-state index contributed by atoms with van der Waals surface area (Å²) in [7, 11) is 0. The number of nitrogens with two attached hydrogens (primary N) is 1. The van der Waals surface area contributed by atoms with Gasteiger partial charge in [0.25, 0.3) is 0 Å². The first kappa shape index (κ1) is 10.6. The largest absolute Gasteiger partial charge is 0.399 e. The molecule has 82 valence electrons. The fourth-order valence-corrected chi connectivity index (χ4v) is 2.50. The fourth-order valence-electron chi connectivity index (χ4n) is 2.19. The van der Waals surface area contributed by atoms with Gasteiger partial charge in [-0.1, -0.05) is 18.5 Å². The first-order chi connectivity index (χ1) is 7.16. The molecule has 0 spiro atoms. The molecule has 15 heavy (non-hydrogen) atoms. The smallest absolute Gasteiger partial charge is 0.0660 e. The standard InChI is InChI=1S/C12H17ClN2/c1-9-3-2-6-15(8-9)12-5-4-10(14)7-11(12)13/h4-5,7,9H,2-3,6,8,14H2,1H3. The van der Waals surface area contributed by atoms with Gasteiger partial charge in [0.05, 0.1) is 10.7 Å². The molecule has 2 N–H and O–H groups in total. The molecule has 0 radical (unpaired) electrons. The van der Waals surface area contributed by atoms with Crippen LogP contribution in [0, 0.1) is 5.92 Å². The molecule has 1 unspecified atom stereocenters. The third-order valence-corrected chi connectivity index (χ3v) is 3.27. The van der Waals surface area contributed by atoms with Crippen LogP contribution in [0.4, 0.5) is 11.4 Å². The average molecular weight is 225 g/mol. The summed E-state index contributed by atoms with van der Waals surface area (Å²) in [4.78, 5) is 2.36. The predicted octanol–water partition coefficient (Wildman–Crippen LogP) is 3.16. The number of anilines is 2. The SMILES string of the molecule is CC1CCCN(c2ccc(N)cc2Cl)C1. The number of benzene rings is 1. The zero-order chi connectivity index (χ0) is 10.8. The first-order valence-corrected chi connectivity index (χ1v) is 5.84. The van der Waals surface area contributed by atoms with Crippen molar-refractivity contribution in [3.8, 4) is 0 Å². The van der Waals surface area contributed by atoms with Gasteiger partial charge >= 0.3 is 0 Å². The quantitative estimate of drug-likeness (QED) is 0.743. The average Bonchev–Trinajstić information content (AvgIpc) is 2.17. The third-order valence-electron chi connectivity index (χ3n) is 2.97. The Balaban J connectivity index is 2.21. The molecule has 2 nitrogen and oxygen atoms in total. The number of hydrogen-bond donors (Lipinski definition) is 1. The summed E-state index contributed by atoms with van der Waals surface area (Å²) in [5.41, 5.74) is 7.53. The van der Waals surface area contributed by atoms with Gasteiger partial charge in [-0.2, -0.15) is 0 Å². The summed E-state index contributed by atoms with van der Waals surface area (Å²) in [5.74, 6) is 0.757. The lowest BCUT2D eigenvalue weighted by Gasteiger charge is -2.33. The lowest BCUT2D eigenvalue weighted by molar-refractivity contribution is 0.447. The van der Waals surface area contributed by atoms with E-state index in [2.05, 4.69) is 11.8 Å². The summed E-state index contributed by atoms with van der Waals surface area (Å²) in [6.45, 7) is 4.50. The Morgan fingerprint density at radius 1 is 1.47 bits per heavy atom. The van der Waals surface area contributed by atoms with Crippen molar-refractivity contribution >= 4 is 23.0 Å². The van der Waals surface area contributed by atoms with E-state index in [-0.39, 0.29) is 0 Å². The highest BCUT2D eigenvalue weighted by atomic mass is 35.5. The van der Waals surface area contributed by atoms with Crippen LogP contribution < -0.4 is 10.6 Å². The van der Waals surface area contributed by atoms with E-state index < -0.39 is 0 Å². The second-order valence-corrected chi connectivity index (χ2v) is 4.81. The van der Waals surface area contributed by atoms with Crippen LogP contribution in [0.2, 0.25) is 5.02 Å². The summed E-state index contributed by atoms with van der Waals surface area (Å²) in [5, 5.41) is 0.768. The van der Waals surface area contributed by atoms with E-state index >= 15 is 0 Å². The second-order valence-electron chi connectivity index (χ2n) is 4.40. The Bertz CT molecular complexity index is 351. The van der Waals surface area contributed by atoms with Gasteiger partial charge in [-0.05, 0) is 37.0 Å². The molecule has 3 heteroatoms. The van der Waals surface area contributed by atoms with E-state index in [0.29, 0.717) is 0 Å². The normalized spacial score (nSPS) is 21.7. The lowest BCUT2D eigenvalue weighted by Crippen LogP contribution is -2.34. The Morgan fingerprint density at radius 3 is 2.93 bits per heavy atom. The molecule has 0 aromatic heterocycles. The van der Waals surface area contributed by atoms with Crippen molar-refractivity contribution in [2.45, 2.75) is 19.8 Å². The number of rotatable bonds is 1. The molecule has 1 heterocycles. The minimum absolute atomic E-state index is 0.730. The maximum atomic E-state index is 6.19. The van der Waals surface area contributed by atoms with E-state index in [0.717, 1.165) is 35.4 Å². The predicted molar refractivity (Wildman–Crippen MR) is 66.5 cm³/mol. The van der Waals surface area contributed by atoms with Crippen molar-refractivity contribution in [3.63, 3.8) is 0 Å². The van der Waals surface area contributed by atoms with E-state index in [4.69, 9.17) is 17.3 Å². The Kier molecular flexibility index (Phi) is 3.06. The minimum atomic E-state index is 0.730. The highest BCUT2D eigenvalue weighted by Gasteiger charge is 2.18. The highest BCUT2D eigenvalue weighted by Crippen LogP contribution is 2.30. The number of hydrogen-bond acceptors (Lipinski definition) is 2. The fraction of sp³-hybridized carbons (Fsp3) is 0.500. The van der Waals surface area contributed by atoms with E-state index in [1.165, 1.54) is 12.8 Å². The zero-order valence-electron chi connectivity index (χ0n) is 9.04. The minimum Gasteiger partial charge on any atom is -0.399 e. The van der Waals surface area contributed by atoms with Crippen LogP contribution in [0.1, 0.15) is 19.8 Å². The number of piperidine rings is 1. The molecule has 1 aliphatic heterocycles. The van der Waals surface area contributed by atoms with Crippen LogP contribution in [-0.4, -0.2) is 13.1 Å². The van der Waals surface area contributed by atoms with Gasteiger partial charge in [-0.3, -0.25) is 0 Å². The van der Waals surface area contributed by atoms with Crippen molar-refractivity contribution in [2.75, 3.05) is 23.7 Å². The summed E-state index contributed by atoms with van der Waals surface area (Å²) in [6, 6.07) is 5.77. The molecule has 1 aromatic carbocycles. The van der Waals surface area contributed by atoms with Crippen molar-refractivity contribution in [2.24, 2.45) is 5.92 Å². The Hall–Kier alpha value is -0.890. The maximum Gasteiger partial charge on any atom is 0.0660 e. The van der Waals surface area contributed by atoms with Gasteiger partial charge in [-0.15, -0.1) is 0 Å². The summed E-state index contributed by atoms with van der Waals surface area (Å²) >= 11 is 6.19. The Labute approximate surface area is 96.0 Å². The maximum absolute atomic E-state index is 6.19. The van der Waals surface area contributed by atoms with E-state index in [1.807, 2.05) is 18.2 Å². The van der Waals surface area contributed by atoms with Gasteiger partial charge < -0.3 is 10.6 Å². The molecule has 0 aliphatic carbocycles.